The molecule has 0 bridgehead atoms. The van der Waals surface area contributed by atoms with Crippen LogP contribution in [0.5, 0.6) is 0 Å². The summed E-state index contributed by atoms with van der Waals surface area (Å²) in [5.41, 5.74) is 3.57. The molecule has 7 heteroatoms. The highest BCUT2D eigenvalue weighted by Gasteiger charge is 2.19. The Morgan fingerprint density at radius 3 is 2.31 bits per heavy atom. The van der Waals surface area contributed by atoms with E-state index in [2.05, 4.69) is 21.2 Å². The molecule has 1 amide bonds. The Bertz CT molecular complexity index is 1130. The van der Waals surface area contributed by atoms with Gasteiger partial charge in [0.1, 0.15) is 0 Å². The quantitative estimate of drug-likeness (QED) is 0.550. The Hall–Kier alpha value is -2.64. The number of hydrogen-bond donors (Lipinski definition) is 1. The van der Waals surface area contributed by atoms with E-state index in [0.29, 0.717) is 16.9 Å². The number of benzene rings is 3. The first-order valence-corrected chi connectivity index (χ1v) is 11.6. The summed E-state index contributed by atoms with van der Waals surface area (Å²) >= 11 is 3.37. The summed E-state index contributed by atoms with van der Waals surface area (Å²) in [4.78, 5) is 12.5. The van der Waals surface area contributed by atoms with Crippen LogP contribution >= 0.6 is 15.9 Å². The van der Waals surface area contributed by atoms with Crippen molar-refractivity contribution in [3.63, 3.8) is 0 Å². The summed E-state index contributed by atoms with van der Waals surface area (Å²) < 4.78 is 27.0. The van der Waals surface area contributed by atoms with Crippen LogP contribution in [-0.4, -0.2) is 20.6 Å². The number of anilines is 2. The molecular weight excluding hydrogens is 452 g/mol. The van der Waals surface area contributed by atoms with Gasteiger partial charge in [0.25, 0.3) is 5.91 Å². The fourth-order valence-corrected chi connectivity index (χ4v) is 4.17. The Labute approximate surface area is 179 Å². The van der Waals surface area contributed by atoms with Crippen LogP contribution in [0.3, 0.4) is 0 Å². The Balaban J connectivity index is 1.82. The second-order valence-electron chi connectivity index (χ2n) is 6.71. The van der Waals surface area contributed by atoms with Crippen molar-refractivity contribution in [1.29, 1.82) is 0 Å². The second kappa shape index (κ2) is 8.80. The predicted octanol–water partition coefficient (Wildman–Crippen LogP) is 4.98. The van der Waals surface area contributed by atoms with Crippen molar-refractivity contribution in [1.82, 2.24) is 0 Å². The molecule has 1 N–H and O–H groups in total. The van der Waals surface area contributed by atoms with Crippen LogP contribution in [0, 0.1) is 6.92 Å². The summed E-state index contributed by atoms with van der Waals surface area (Å²) in [6.45, 7) is 2.18. The van der Waals surface area contributed by atoms with Crippen LogP contribution in [0.15, 0.2) is 77.3 Å². The van der Waals surface area contributed by atoms with Crippen LogP contribution in [-0.2, 0) is 16.6 Å². The first kappa shape index (κ1) is 21.1. The van der Waals surface area contributed by atoms with Crippen LogP contribution in [0.25, 0.3) is 0 Å². The van der Waals surface area contributed by atoms with Gasteiger partial charge in [0.15, 0.2) is 0 Å². The molecular formula is C22H21BrN2O3S. The zero-order chi connectivity index (χ0) is 21.0. The summed E-state index contributed by atoms with van der Waals surface area (Å²) in [6, 6.07) is 21.5. The summed E-state index contributed by atoms with van der Waals surface area (Å²) in [5, 5.41) is 2.82. The lowest BCUT2D eigenvalue weighted by Crippen LogP contribution is -2.29. The lowest BCUT2D eigenvalue weighted by Gasteiger charge is -2.23. The van der Waals surface area contributed by atoms with Crippen LogP contribution in [0.2, 0.25) is 0 Å². The van der Waals surface area contributed by atoms with Crippen LogP contribution < -0.4 is 9.62 Å². The number of sulfonamides is 1. The number of amides is 1. The molecule has 0 saturated heterocycles. The molecule has 0 spiro atoms. The molecule has 0 radical (unpaired) electrons. The number of hydrogen-bond acceptors (Lipinski definition) is 3. The van der Waals surface area contributed by atoms with E-state index in [1.165, 1.54) is 10.6 Å². The fraction of sp³-hybridized carbons (Fsp3) is 0.136. The largest absolute Gasteiger partial charge is 0.322 e. The minimum absolute atomic E-state index is 0.231. The van der Waals surface area contributed by atoms with Gasteiger partial charge in [-0.15, -0.1) is 0 Å². The third kappa shape index (κ3) is 5.46. The first-order valence-electron chi connectivity index (χ1n) is 8.93. The molecule has 29 heavy (non-hydrogen) atoms. The second-order valence-corrected chi connectivity index (χ2v) is 9.53. The van der Waals surface area contributed by atoms with Gasteiger partial charge < -0.3 is 5.32 Å². The number of halogens is 1. The minimum Gasteiger partial charge on any atom is -0.322 e. The van der Waals surface area contributed by atoms with Gasteiger partial charge in [0.05, 0.1) is 18.5 Å². The molecule has 5 nitrogen and oxygen atoms in total. The number of carbonyl (C=O) groups excluding carboxylic acids is 1. The first-order chi connectivity index (χ1) is 13.7. The molecule has 0 aliphatic carbocycles. The highest BCUT2D eigenvalue weighted by atomic mass is 79.9. The van der Waals surface area contributed by atoms with Gasteiger partial charge in [-0.3, -0.25) is 9.10 Å². The zero-order valence-electron chi connectivity index (χ0n) is 16.1. The Kier molecular flexibility index (Phi) is 6.39. The van der Waals surface area contributed by atoms with Gasteiger partial charge in [-0.05, 0) is 60.5 Å². The summed E-state index contributed by atoms with van der Waals surface area (Å²) in [5.74, 6) is -0.264. The normalized spacial score (nSPS) is 11.1. The number of carbonyl (C=O) groups is 1. The van der Waals surface area contributed by atoms with Crippen molar-refractivity contribution in [3.05, 3.63) is 94.0 Å². The van der Waals surface area contributed by atoms with Gasteiger partial charge in [0.2, 0.25) is 10.0 Å². The molecule has 0 heterocycles. The maximum atomic E-state index is 12.5. The average Bonchev–Trinajstić information content (AvgIpc) is 2.66. The van der Waals surface area contributed by atoms with Gasteiger partial charge in [0, 0.05) is 15.7 Å². The fourth-order valence-electron chi connectivity index (χ4n) is 2.89. The molecule has 3 rings (SSSR count). The van der Waals surface area contributed by atoms with E-state index in [9.17, 15) is 13.2 Å². The predicted molar refractivity (Wildman–Crippen MR) is 121 cm³/mol. The van der Waals surface area contributed by atoms with E-state index in [4.69, 9.17) is 0 Å². The lowest BCUT2D eigenvalue weighted by molar-refractivity contribution is 0.102. The smallest absolute Gasteiger partial charge is 0.255 e. The average molecular weight is 473 g/mol. The van der Waals surface area contributed by atoms with Crippen molar-refractivity contribution in [3.8, 4) is 0 Å². The van der Waals surface area contributed by atoms with Crippen molar-refractivity contribution < 1.29 is 13.2 Å². The van der Waals surface area contributed by atoms with Crippen molar-refractivity contribution in [2.45, 2.75) is 13.5 Å². The summed E-state index contributed by atoms with van der Waals surface area (Å²) in [6.07, 6.45) is 1.18. The molecule has 0 aromatic heterocycles. The van der Waals surface area contributed by atoms with Gasteiger partial charge in [-0.2, -0.15) is 0 Å². The van der Waals surface area contributed by atoms with E-state index in [-0.39, 0.29) is 12.5 Å². The summed E-state index contributed by atoms with van der Waals surface area (Å²) in [7, 11) is -3.49. The minimum atomic E-state index is -3.49. The van der Waals surface area contributed by atoms with Crippen molar-refractivity contribution >= 4 is 43.2 Å². The van der Waals surface area contributed by atoms with Crippen molar-refractivity contribution in [2.75, 3.05) is 15.9 Å². The molecule has 0 unspecified atom stereocenters. The Morgan fingerprint density at radius 2 is 1.69 bits per heavy atom. The molecule has 150 valence electrons. The highest BCUT2D eigenvalue weighted by Crippen LogP contribution is 2.23. The molecule has 3 aromatic rings. The number of nitrogens with one attached hydrogen (secondary N) is 1. The lowest BCUT2D eigenvalue weighted by atomic mass is 10.1. The third-order valence-electron chi connectivity index (χ3n) is 4.48. The maximum absolute atomic E-state index is 12.5. The standard InChI is InChI=1S/C22H21BrN2O3S/c1-16-6-3-4-7-18(16)15-25(29(2,27)28)21-12-10-17(11-13-21)22(26)24-20-9-5-8-19(23)14-20/h3-14H,15H2,1-2H3,(H,24,26). The van der Waals surface area contributed by atoms with Gasteiger partial charge in [-0.25, -0.2) is 8.42 Å². The highest BCUT2D eigenvalue weighted by molar-refractivity contribution is 9.10. The molecule has 0 fully saturated rings. The van der Waals surface area contributed by atoms with Gasteiger partial charge in [-0.1, -0.05) is 46.3 Å². The van der Waals surface area contributed by atoms with E-state index in [0.717, 1.165) is 15.6 Å². The van der Waals surface area contributed by atoms with Crippen molar-refractivity contribution in [2.24, 2.45) is 0 Å². The molecule has 0 atom stereocenters. The van der Waals surface area contributed by atoms with E-state index in [1.54, 1.807) is 36.4 Å². The van der Waals surface area contributed by atoms with E-state index >= 15 is 0 Å². The van der Waals surface area contributed by atoms with E-state index in [1.807, 2.05) is 43.3 Å². The monoisotopic (exact) mass is 472 g/mol. The molecule has 0 aliphatic heterocycles. The number of aryl methyl sites for hydroxylation is 1. The Morgan fingerprint density at radius 1 is 1.00 bits per heavy atom. The van der Waals surface area contributed by atoms with Crippen LogP contribution in [0.4, 0.5) is 11.4 Å². The molecule has 0 aliphatic rings. The molecule has 0 saturated carbocycles. The third-order valence-corrected chi connectivity index (χ3v) is 6.11. The SMILES string of the molecule is Cc1ccccc1CN(c1ccc(C(=O)Nc2cccc(Br)c2)cc1)S(C)(=O)=O. The zero-order valence-corrected chi connectivity index (χ0v) is 18.5. The number of rotatable bonds is 6. The topological polar surface area (TPSA) is 66.5 Å². The van der Waals surface area contributed by atoms with E-state index < -0.39 is 10.0 Å². The maximum Gasteiger partial charge on any atom is 0.255 e. The molecule has 3 aromatic carbocycles. The van der Waals surface area contributed by atoms with Gasteiger partial charge >= 0.3 is 0 Å². The number of nitrogens with zero attached hydrogens (tertiary/aromatic N) is 1. The van der Waals surface area contributed by atoms with Crippen LogP contribution in [0.1, 0.15) is 21.5 Å².